The van der Waals surface area contributed by atoms with Crippen LogP contribution in [0.2, 0.25) is 0 Å². The summed E-state index contributed by atoms with van der Waals surface area (Å²) in [5, 5.41) is 0. The number of ether oxygens (including phenoxy) is 1. The van der Waals surface area contributed by atoms with Crippen molar-refractivity contribution in [1.82, 2.24) is 0 Å². The summed E-state index contributed by atoms with van der Waals surface area (Å²) in [4.78, 5) is 13.8. The summed E-state index contributed by atoms with van der Waals surface area (Å²) in [6.07, 6.45) is 4.18. The van der Waals surface area contributed by atoms with Gasteiger partial charge in [0.25, 0.3) is 0 Å². The van der Waals surface area contributed by atoms with Gasteiger partial charge < -0.3 is 9.64 Å². The molecule has 0 aliphatic heterocycles. The molecule has 0 amide bonds. The Bertz CT molecular complexity index is 438. The van der Waals surface area contributed by atoms with Crippen molar-refractivity contribution >= 4 is 34.2 Å². The molecule has 0 heterocycles. The molecule has 0 bridgehead atoms. The molecule has 0 saturated heterocycles. The molecule has 1 aromatic rings. The smallest absolute Gasteiger partial charge is 0.308 e. The Morgan fingerprint density at radius 1 is 1.25 bits per heavy atom. The van der Waals surface area contributed by atoms with E-state index in [0.717, 1.165) is 32.2 Å². The van der Waals surface area contributed by atoms with Crippen LogP contribution in [0.4, 0.5) is 5.69 Å². The average Bonchev–Trinajstić information content (AvgIpc) is 2.48. The van der Waals surface area contributed by atoms with E-state index in [4.69, 9.17) is 4.74 Å². The van der Waals surface area contributed by atoms with Crippen LogP contribution in [0.5, 0.6) is 0 Å². The highest BCUT2D eigenvalue weighted by Crippen LogP contribution is 2.30. The van der Waals surface area contributed by atoms with Gasteiger partial charge in [0.15, 0.2) is 0 Å². The molecule has 3 nitrogen and oxygen atoms in total. The van der Waals surface area contributed by atoms with E-state index in [-0.39, 0.29) is 11.9 Å². The average molecular weight is 387 g/mol. The van der Waals surface area contributed by atoms with Crippen LogP contribution < -0.4 is 4.90 Å². The molecule has 0 aromatic heterocycles. The highest BCUT2D eigenvalue weighted by molar-refractivity contribution is 14.1. The molecule has 1 fully saturated rings. The van der Waals surface area contributed by atoms with Gasteiger partial charge in [-0.05, 0) is 78.5 Å². The van der Waals surface area contributed by atoms with Gasteiger partial charge in [-0.15, -0.1) is 0 Å². The number of anilines is 1. The number of halogens is 1. The molecule has 1 aliphatic carbocycles. The fourth-order valence-electron chi connectivity index (χ4n) is 2.94. The van der Waals surface area contributed by atoms with Crippen LogP contribution in [0, 0.1) is 15.4 Å². The quantitative estimate of drug-likeness (QED) is 0.583. The summed E-state index contributed by atoms with van der Waals surface area (Å²) < 4.78 is 6.10. The van der Waals surface area contributed by atoms with Crippen molar-refractivity contribution in [3.05, 3.63) is 27.8 Å². The zero-order valence-corrected chi connectivity index (χ0v) is 14.3. The molecule has 1 aliphatic rings. The minimum Gasteiger partial charge on any atom is -0.469 e. The highest BCUT2D eigenvalue weighted by atomic mass is 127. The van der Waals surface area contributed by atoms with Crippen LogP contribution in [-0.2, 0) is 9.53 Å². The molecule has 4 heteroatoms. The van der Waals surface area contributed by atoms with Crippen LogP contribution in [0.15, 0.2) is 24.3 Å². The molecular weight excluding hydrogens is 365 g/mol. The lowest BCUT2D eigenvalue weighted by atomic mass is 9.82. The van der Waals surface area contributed by atoms with Crippen LogP contribution in [0.1, 0.15) is 25.7 Å². The number of benzene rings is 1. The van der Waals surface area contributed by atoms with E-state index in [1.807, 2.05) is 0 Å². The van der Waals surface area contributed by atoms with Crippen molar-refractivity contribution < 1.29 is 9.53 Å². The van der Waals surface area contributed by atoms with Crippen LogP contribution in [-0.4, -0.2) is 26.7 Å². The zero-order chi connectivity index (χ0) is 14.5. The minimum atomic E-state index is -0.0329. The number of carbonyl (C=O) groups excluding carboxylic acids is 1. The number of carbonyl (C=O) groups is 1. The Balaban J connectivity index is 1.83. The Kier molecular flexibility index (Phi) is 5.69. The summed E-state index contributed by atoms with van der Waals surface area (Å²) in [7, 11) is 3.63. The number of rotatable bonds is 4. The summed E-state index contributed by atoms with van der Waals surface area (Å²) in [6, 6.07) is 8.62. The molecule has 1 aromatic carbocycles. The van der Waals surface area contributed by atoms with Crippen molar-refractivity contribution in [3.63, 3.8) is 0 Å². The normalized spacial score (nSPS) is 22.4. The first kappa shape index (κ1) is 15.6. The van der Waals surface area contributed by atoms with Gasteiger partial charge in [-0.1, -0.05) is 0 Å². The molecule has 0 N–H and O–H groups in total. The lowest BCUT2D eigenvalue weighted by molar-refractivity contribution is -0.146. The van der Waals surface area contributed by atoms with Crippen molar-refractivity contribution in [3.8, 4) is 0 Å². The molecule has 110 valence electrons. The molecule has 2 rings (SSSR count). The topological polar surface area (TPSA) is 29.5 Å². The first-order valence-corrected chi connectivity index (χ1v) is 8.22. The van der Waals surface area contributed by atoms with E-state index in [9.17, 15) is 4.79 Å². The van der Waals surface area contributed by atoms with E-state index < -0.39 is 0 Å². The lowest BCUT2D eigenvalue weighted by Gasteiger charge is -2.31. The molecule has 0 spiro atoms. The monoisotopic (exact) mass is 387 g/mol. The van der Waals surface area contributed by atoms with E-state index >= 15 is 0 Å². The van der Waals surface area contributed by atoms with Crippen LogP contribution in [0.25, 0.3) is 0 Å². The SMILES string of the molecule is COC(=O)C1CCC(CN(C)c2ccc(I)cc2)CC1. The summed E-state index contributed by atoms with van der Waals surface area (Å²) >= 11 is 2.32. The second kappa shape index (κ2) is 7.29. The van der Waals surface area contributed by atoms with Crippen molar-refractivity contribution in [2.75, 3.05) is 25.6 Å². The molecule has 20 heavy (non-hydrogen) atoms. The Morgan fingerprint density at radius 3 is 2.40 bits per heavy atom. The van der Waals surface area contributed by atoms with Crippen molar-refractivity contribution in [2.45, 2.75) is 25.7 Å². The first-order chi connectivity index (χ1) is 9.60. The van der Waals surface area contributed by atoms with Gasteiger partial charge in [0.2, 0.25) is 0 Å². The van der Waals surface area contributed by atoms with E-state index in [1.165, 1.54) is 16.4 Å². The van der Waals surface area contributed by atoms with Crippen molar-refractivity contribution in [1.29, 1.82) is 0 Å². The third kappa shape index (κ3) is 4.11. The maximum atomic E-state index is 11.5. The zero-order valence-electron chi connectivity index (χ0n) is 12.1. The predicted octanol–water partition coefficient (Wildman–Crippen LogP) is 3.71. The highest BCUT2D eigenvalue weighted by Gasteiger charge is 2.27. The number of hydrogen-bond acceptors (Lipinski definition) is 3. The van der Waals surface area contributed by atoms with E-state index in [0.29, 0.717) is 5.92 Å². The number of nitrogens with zero attached hydrogens (tertiary/aromatic N) is 1. The number of hydrogen-bond donors (Lipinski definition) is 0. The molecule has 0 atom stereocenters. The fourth-order valence-corrected chi connectivity index (χ4v) is 3.30. The molecular formula is C16H22INO2. The van der Waals surface area contributed by atoms with Crippen molar-refractivity contribution in [2.24, 2.45) is 11.8 Å². The Hall–Kier alpha value is -0.780. The first-order valence-electron chi connectivity index (χ1n) is 7.14. The summed E-state index contributed by atoms with van der Waals surface area (Å²) in [6.45, 7) is 1.06. The van der Waals surface area contributed by atoms with Crippen LogP contribution in [0.3, 0.4) is 0 Å². The third-order valence-electron chi connectivity index (χ3n) is 4.18. The van der Waals surface area contributed by atoms with Crippen LogP contribution >= 0.6 is 22.6 Å². The maximum Gasteiger partial charge on any atom is 0.308 e. The van der Waals surface area contributed by atoms with Gasteiger partial charge in [0.1, 0.15) is 0 Å². The maximum absolute atomic E-state index is 11.5. The van der Waals surface area contributed by atoms with Gasteiger partial charge >= 0.3 is 5.97 Å². The lowest BCUT2D eigenvalue weighted by Crippen LogP contribution is -2.30. The molecule has 1 saturated carbocycles. The fraction of sp³-hybridized carbons (Fsp3) is 0.562. The summed E-state index contributed by atoms with van der Waals surface area (Å²) in [5.74, 6) is 0.773. The van der Waals surface area contributed by atoms with Gasteiger partial charge in [0.05, 0.1) is 13.0 Å². The third-order valence-corrected chi connectivity index (χ3v) is 4.90. The molecule has 0 unspecified atom stereocenters. The predicted molar refractivity (Wildman–Crippen MR) is 89.9 cm³/mol. The molecule has 0 radical (unpaired) electrons. The second-order valence-electron chi connectivity index (χ2n) is 5.60. The van der Waals surface area contributed by atoms with Gasteiger partial charge in [-0.25, -0.2) is 0 Å². The Labute approximate surface area is 134 Å². The largest absolute Gasteiger partial charge is 0.469 e. The summed E-state index contributed by atoms with van der Waals surface area (Å²) in [5.41, 5.74) is 1.26. The van der Waals surface area contributed by atoms with Gasteiger partial charge in [0, 0.05) is 22.8 Å². The van der Waals surface area contributed by atoms with Gasteiger partial charge in [-0.2, -0.15) is 0 Å². The van der Waals surface area contributed by atoms with Gasteiger partial charge in [-0.3, -0.25) is 4.79 Å². The number of methoxy groups -OCH3 is 1. The minimum absolute atomic E-state index is 0.0329. The second-order valence-corrected chi connectivity index (χ2v) is 6.84. The van der Waals surface area contributed by atoms with E-state index in [1.54, 1.807) is 0 Å². The number of esters is 1. The van der Waals surface area contributed by atoms with E-state index in [2.05, 4.69) is 58.8 Å². The standard InChI is InChI=1S/C16H22INO2/c1-18(15-9-7-14(17)8-10-15)11-12-3-5-13(6-4-12)16(19)20-2/h7-10,12-13H,3-6,11H2,1-2H3. The Morgan fingerprint density at radius 2 is 1.85 bits per heavy atom.